The van der Waals surface area contributed by atoms with Gasteiger partial charge in [0.15, 0.2) is 5.82 Å². The van der Waals surface area contributed by atoms with Gasteiger partial charge in [0, 0.05) is 55.5 Å². The van der Waals surface area contributed by atoms with Gasteiger partial charge in [-0.2, -0.15) is 5.26 Å². The van der Waals surface area contributed by atoms with E-state index in [0.717, 1.165) is 42.3 Å². The summed E-state index contributed by atoms with van der Waals surface area (Å²) in [7, 11) is 0. The van der Waals surface area contributed by atoms with Crippen LogP contribution in [0.4, 0.5) is 5.69 Å². The van der Waals surface area contributed by atoms with Gasteiger partial charge >= 0.3 is 0 Å². The summed E-state index contributed by atoms with van der Waals surface area (Å²) in [6.07, 6.45) is 6.11. The maximum atomic E-state index is 9.10. The second kappa shape index (κ2) is 6.35. The van der Waals surface area contributed by atoms with E-state index in [9.17, 15) is 0 Å². The molecule has 0 amide bonds. The molecule has 2 aliphatic heterocycles. The van der Waals surface area contributed by atoms with Gasteiger partial charge in [0.2, 0.25) is 0 Å². The van der Waals surface area contributed by atoms with Crippen LogP contribution in [0.2, 0.25) is 0 Å². The molecular formula is C26H22N6. The van der Waals surface area contributed by atoms with Crippen molar-refractivity contribution in [2.45, 2.75) is 12.6 Å². The molecule has 4 aromatic rings. The molecule has 6 heteroatoms. The predicted octanol–water partition coefficient (Wildman–Crippen LogP) is 3.63. The molecule has 0 bridgehead atoms. The van der Waals surface area contributed by atoms with Crippen molar-refractivity contribution in [1.29, 1.82) is 5.26 Å². The van der Waals surface area contributed by atoms with Gasteiger partial charge in [0.05, 0.1) is 23.0 Å². The summed E-state index contributed by atoms with van der Waals surface area (Å²) < 4.78 is 4.48. The van der Waals surface area contributed by atoms with Crippen molar-refractivity contribution in [1.82, 2.24) is 14.1 Å². The second-order valence-corrected chi connectivity index (χ2v) is 9.17. The number of imidazole rings is 1. The fraction of sp³-hybridized carbons (Fsp3) is 0.231. The van der Waals surface area contributed by atoms with Crippen LogP contribution in [0.3, 0.4) is 0 Å². The molecule has 2 aromatic carbocycles. The molecule has 2 fully saturated rings. The molecule has 3 atom stereocenters. The third kappa shape index (κ3) is 2.52. The average molecular weight is 419 g/mol. The monoisotopic (exact) mass is 418 g/mol. The van der Waals surface area contributed by atoms with E-state index in [1.54, 1.807) is 0 Å². The topological polar surface area (TPSA) is 75.8 Å². The first-order valence-corrected chi connectivity index (χ1v) is 11.1. The molecule has 1 saturated carbocycles. The Kier molecular flexibility index (Phi) is 3.53. The molecule has 6 nitrogen and oxygen atoms in total. The van der Waals surface area contributed by atoms with E-state index >= 15 is 0 Å². The Hall–Kier alpha value is -3.82. The number of nitrogens with two attached hydrogens (primary N) is 1. The van der Waals surface area contributed by atoms with Gasteiger partial charge in [0.25, 0.3) is 0 Å². The fourth-order valence-electron chi connectivity index (χ4n) is 5.51. The van der Waals surface area contributed by atoms with Crippen molar-refractivity contribution in [3.63, 3.8) is 0 Å². The number of piperidine rings is 1. The Balaban J connectivity index is 1.30. The van der Waals surface area contributed by atoms with Crippen LogP contribution >= 0.6 is 0 Å². The molecule has 3 aliphatic rings. The number of benzene rings is 2. The Bertz CT molecular complexity index is 1390. The van der Waals surface area contributed by atoms with Gasteiger partial charge in [0.1, 0.15) is 0 Å². The van der Waals surface area contributed by atoms with Crippen molar-refractivity contribution in [3.8, 4) is 34.4 Å². The third-order valence-corrected chi connectivity index (χ3v) is 7.40. The number of aromatic nitrogens is 3. The summed E-state index contributed by atoms with van der Waals surface area (Å²) in [5, 5.41) is 9.10. The standard InChI is InChI=1S/C26H22N6/c27-11-16-1-3-17(4-2-16)18-10-24-26-29-7-8-32(26)23-6-5-20(9-19(23)13-31(24)12-18)30-14-21-22(15-30)25(21)28/h1-10,12,21-22,25H,13-15,28H2/t21-,22?,25?/m1/s1. The minimum atomic E-state index is 0.406. The van der Waals surface area contributed by atoms with Crippen LogP contribution in [0.25, 0.3) is 28.3 Å². The Morgan fingerprint density at radius 2 is 1.81 bits per heavy atom. The minimum Gasteiger partial charge on any atom is -0.371 e. The first-order valence-electron chi connectivity index (χ1n) is 11.1. The molecule has 2 N–H and O–H groups in total. The van der Waals surface area contributed by atoms with E-state index in [4.69, 9.17) is 16.0 Å². The summed E-state index contributed by atoms with van der Waals surface area (Å²) >= 11 is 0. The molecule has 2 aromatic heterocycles. The molecule has 1 aliphatic carbocycles. The van der Waals surface area contributed by atoms with E-state index in [0.29, 0.717) is 23.4 Å². The Morgan fingerprint density at radius 3 is 2.59 bits per heavy atom. The largest absolute Gasteiger partial charge is 0.371 e. The second-order valence-electron chi connectivity index (χ2n) is 9.17. The van der Waals surface area contributed by atoms with Crippen LogP contribution < -0.4 is 10.6 Å². The molecule has 0 radical (unpaired) electrons. The zero-order chi connectivity index (χ0) is 21.4. The van der Waals surface area contributed by atoms with Gasteiger partial charge in [-0.05, 0) is 59.4 Å². The predicted molar refractivity (Wildman–Crippen MR) is 123 cm³/mol. The van der Waals surface area contributed by atoms with E-state index in [1.807, 2.05) is 36.7 Å². The summed E-state index contributed by atoms with van der Waals surface area (Å²) in [6.45, 7) is 2.93. The molecule has 7 rings (SSSR count). The van der Waals surface area contributed by atoms with Crippen LogP contribution in [0.15, 0.2) is 67.1 Å². The highest BCUT2D eigenvalue weighted by molar-refractivity contribution is 5.72. The molecule has 4 heterocycles. The number of nitriles is 1. The van der Waals surface area contributed by atoms with Crippen molar-refractivity contribution in [2.24, 2.45) is 17.6 Å². The normalized spacial score (nSPS) is 22.4. The number of hydrogen-bond acceptors (Lipinski definition) is 4. The van der Waals surface area contributed by atoms with Gasteiger partial charge in [-0.1, -0.05) is 12.1 Å². The van der Waals surface area contributed by atoms with Crippen LogP contribution in [0.5, 0.6) is 0 Å². The van der Waals surface area contributed by atoms with Crippen LogP contribution in [-0.2, 0) is 6.54 Å². The van der Waals surface area contributed by atoms with Crippen LogP contribution in [-0.4, -0.2) is 33.2 Å². The molecule has 1 saturated heterocycles. The summed E-state index contributed by atoms with van der Waals surface area (Å²) in [6, 6.07) is 19.4. The fourth-order valence-corrected chi connectivity index (χ4v) is 5.51. The molecular weight excluding hydrogens is 396 g/mol. The van der Waals surface area contributed by atoms with Gasteiger partial charge < -0.3 is 15.2 Å². The molecule has 32 heavy (non-hydrogen) atoms. The summed E-state index contributed by atoms with van der Waals surface area (Å²) in [4.78, 5) is 7.17. The van der Waals surface area contributed by atoms with Gasteiger partial charge in [-0.15, -0.1) is 0 Å². The van der Waals surface area contributed by atoms with E-state index in [1.165, 1.54) is 16.9 Å². The third-order valence-electron chi connectivity index (χ3n) is 7.40. The Morgan fingerprint density at radius 1 is 1.00 bits per heavy atom. The minimum absolute atomic E-state index is 0.406. The lowest BCUT2D eigenvalue weighted by Crippen LogP contribution is -2.28. The Labute approximate surface area is 186 Å². The van der Waals surface area contributed by atoms with E-state index in [-0.39, 0.29) is 0 Å². The quantitative estimate of drug-likeness (QED) is 0.475. The molecule has 0 spiro atoms. The smallest absolute Gasteiger partial charge is 0.161 e. The van der Waals surface area contributed by atoms with Crippen LogP contribution in [0.1, 0.15) is 11.1 Å². The van der Waals surface area contributed by atoms with Gasteiger partial charge in [-0.3, -0.25) is 4.57 Å². The number of nitrogens with zero attached hydrogens (tertiary/aromatic N) is 5. The van der Waals surface area contributed by atoms with Crippen molar-refractivity contribution in [3.05, 3.63) is 78.2 Å². The van der Waals surface area contributed by atoms with Crippen molar-refractivity contribution in [2.75, 3.05) is 18.0 Å². The van der Waals surface area contributed by atoms with Gasteiger partial charge in [-0.25, -0.2) is 4.98 Å². The first-order chi connectivity index (χ1) is 15.7. The number of anilines is 1. The van der Waals surface area contributed by atoms with E-state index < -0.39 is 0 Å². The van der Waals surface area contributed by atoms with Crippen molar-refractivity contribution < 1.29 is 0 Å². The lowest BCUT2D eigenvalue weighted by atomic mass is 10.1. The summed E-state index contributed by atoms with van der Waals surface area (Å²) in [5.41, 5.74) is 13.9. The maximum absolute atomic E-state index is 9.10. The summed E-state index contributed by atoms with van der Waals surface area (Å²) in [5.74, 6) is 2.28. The lowest BCUT2D eigenvalue weighted by Gasteiger charge is -2.23. The highest BCUT2D eigenvalue weighted by Crippen LogP contribution is 2.45. The molecule has 2 unspecified atom stereocenters. The maximum Gasteiger partial charge on any atom is 0.161 e. The first kappa shape index (κ1) is 17.8. The number of rotatable bonds is 2. The highest BCUT2D eigenvalue weighted by atomic mass is 15.2. The number of hydrogen-bond donors (Lipinski definition) is 1. The average Bonchev–Trinajstić information content (AvgIpc) is 3.32. The van der Waals surface area contributed by atoms with Crippen LogP contribution in [0, 0.1) is 23.2 Å². The van der Waals surface area contributed by atoms with Crippen molar-refractivity contribution >= 4 is 5.69 Å². The zero-order valence-electron chi connectivity index (χ0n) is 17.5. The lowest BCUT2D eigenvalue weighted by molar-refractivity contribution is 0.742. The highest BCUT2D eigenvalue weighted by Gasteiger charge is 2.53. The molecule has 156 valence electrons. The SMILES string of the molecule is N#Cc1ccc(-c2cc3n(c2)Cc2cc(N4CC5C(N)[C@@H]5C4)ccc2-n2ccnc2-3)cc1. The van der Waals surface area contributed by atoms with E-state index in [2.05, 4.69) is 50.6 Å². The number of fused-ring (bicyclic) bond motifs is 6. The zero-order valence-corrected chi connectivity index (χ0v) is 17.5.